The van der Waals surface area contributed by atoms with E-state index in [2.05, 4.69) is 34.5 Å². The molecule has 0 saturated carbocycles. The molecule has 2 aromatic carbocycles. The van der Waals surface area contributed by atoms with Gasteiger partial charge in [0, 0.05) is 37.1 Å². The van der Waals surface area contributed by atoms with E-state index in [1.807, 2.05) is 35.4 Å². The highest BCUT2D eigenvalue weighted by Crippen LogP contribution is 2.29. The van der Waals surface area contributed by atoms with E-state index >= 15 is 0 Å². The number of nitrogens with one attached hydrogen (secondary N) is 1. The summed E-state index contributed by atoms with van der Waals surface area (Å²) in [5, 5.41) is 16.5. The van der Waals surface area contributed by atoms with Crippen LogP contribution < -0.4 is 10.2 Å². The van der Waals surface area contributed by atoms with Crippen molar-refractivity contribution in [1.29, 1.82) is 0 Å². The third-order valence-corrected chi connectivity index (χ3v) is 6.64. The number of hydrogen-bond acceptors (Lipinski definition) is 6. The zero-order chi connectivity index (χ0) is 22.5. The minimum atomic E-state index is -0.342. The molecule has 166 valence electrons. The number of rotatable bonds is 7. The fourth-order valence-corrected chi connectivity index (χ4v) is 4.78. The number of hydrogen-bond donors (Lipinski definition) is 1. The number of amides is 1. The zero-order valence-corrected chi connectivity index (χ0v) is 18.8. The Morgan fingerprint density at radius 3 is 2.44 bits per heavy atom. The Balaban J connectivity index is 1.37. The summed E-state index contributed by atoms with van der Waals surface area (Å²) in [6.45, 7) is 4.99. The number of nitrogens with zero attached hydrogens (tertiary/aromatic N) is 3. The number of thiophene rings is 1. The number of nitro groups is 1. The van der Waals surface area contributed by atoms with Gasteiger partial charge in [-0.15, -0.1) is 11.3 Å². The second-order valence-corrected chi connectivity index (χ2v) is 8.91. The number of piperazine rings is 1. The molecule has 1 amide bonds. The van der Waals surface area contributed by atoms with E-state index in [0.717, 1.165) is 10.4 Å². The number of nitro benzene ring substituents is 1. The molecule has 7 nitrogen and oxygen atoms in total. The lowest BCUT2D eigenvalue weighted by molar-refractivity contribution is -0.384. The van der Waals surface area contributed by atoms with E-state index in [-0.39, 0.29) is 22.6 Å². The maximum Gasteiger partial charge on any atom is 0.292 e. The number of anilines is 1. The molecule has 0 bridgehead atoms. The Kier molecular flexibility index (Phi) is 6.82. The molecule has 1 aliphatic heterocycles. The molecule has 1 saturated heterocycles. The molecule has 1 fully saturated rings. The Labute approximate surface area is 191 Å². The van der Waals surface area contributed by atoms with Gasteiger partial charge in [-0.1, -0.05) is 48.0 Å². The average Bonchev–Trinajstić information content (AvgIpc) is 3.33. The summed E-state index contributed by atoms with van der Waals surface area (Å²) in [5.74, 6) is -0.0249. The second-order valence-electron chi connectivity index (χ2n) is 7.94. The van der Waals surface area contributed by atoms with Crippen molar-refractivity contribution in [3.8, 4) is 0 Å². The van der Waals surface area contributed by atoms with Gasteiger partial charge in [-0.05, 0) is 30.0 Å². The highest BCUT2D eigenvalue weighted by atomic mass is 32.1. The van der Waals surface area contributed by atoms with Crippen LogP contribution >= 0.6 is 11.3 Å². The normalized spacial score (nSPS) is 15.3. The summed E-state index contributed by atoms with van der Waals surface area (Å²) in [6, 6.07) is 18.9. The van der Waals surface area contributed by atoms with E-state index in [1.54, 1.807) is 23.5 Å². The zero-order valence-electron chi connectivity index (χ0n) is 17.9. The number of benzene rings is 2. The predicted molar refractivity (Wildman–Crippen MR) is 127 cm³/mol. The van der Waals surface area contributed by atoms with Crippen LogP contribution in [-0.2, 0) is 4.79 Å². The van der Waals surface area contributed by atoms with Gasteiger partial charge in [-0.25, -0.2) is 0 Å². The summed E-state index contributed by atoms with van der Waals surface area (Å²) in [7, 11) is 0. The van der Waals surface area contributed by atoms with Gasteiger partial charge in [-0.3, -0.25) is 19.8 Å². The Morgan fingerprint density at radius 2 is 1.78 bits per heavy atom. The summed E-state index contributed by atoms with van der Waals surface area (Å²) >= 11 is 1.63. The van der Waals surface area contributed by atoms with Crippen LogP contribution in [0.1, 0.15) is 22.0 Å². The topological polar surface area (TPSA) is 78.7 Å². The van der Waals surface area contributed by atoms with Gasteiger partial charge in [0.1, 0.15) is 5.69 Å². The standard InChI is InChI=1S/C24H26N4O3S/c1-18-8-10-19(11-9-18)24(22-7-4-16-32-22)25-23(29)17-26-12-14-27(15-13-26)20-5-2-3-6-21(20)28(30)31/h2-11,16,24H,12-15,17H2,1H3,(H,25,29). The van der Waals surface area contributed by atoms with Gasteiger partial charge in [0.25, 0.3) is 5.69 Å². The molecular weight excluding hydrogens is 424 g/mol. The van der Waals surface area contributed by atoms with Crippen LogP contribution in [-0.4, -0.2) is 48.5 Å². The molecule has 2 heterocycles. The van der Waals surface area contributed by atoms with Gasteiger partial charge in [0.05, 0.1) is 17.5 Å². The number of carbonyl (C=O) groups excluding carboxylic acids is 1. The molecule has 1 N–H and O–H groups in total. The van der Waals surface area contributed by atoms with Gasteiger partial charge >= 0.3 is 0 Å². The van der Waals surface area contributed by atoms with E-state index < -0.39 is 0 Å². The maximum atomic E-state index is 12.9. The van der Waals surface area contributed by atoms with Crippen LogP contribution in [0.15, 0.2) is 66.0 Å². The van der Waals surface area contributed by atoms with Gasteiger partial charge in [0.2, 0.25) is 5.91 Å². The van der Waals surface area contributed by atoms with Crippen LogP contribution in [0.4, 0.5) is 11.4 Å². The first kappa shape index (κ1) is 22.0. The molecule has 1 aliphatic rings. The number of aryl methyl sites for hydroxylation is 1. The van der Waals surface area contributed by atoms with Crippen molar-refractivity contribution in [2.45, 2.75) is 13.0 Å². The van der Waals surface area contributed by atoms with Crippen LogP contribution in [0.3, 0.4) is 0 Å². The fourth-order valence-electron chi connectivity index (χ4n) is 3.98. The summed E-state index contributed by atoms with van der Waals surface area (Å²) < 4.78 is 0. The van der Waals surface area contributed by atoms with Crippen LogP contribution in [0.5, 0.6) is 0 Å². The van der Waals surface area contributed by atoms with Gasteiger partial charge in [0.15, 0.2) is 0 Å². The Morgan fingerprint density at radius 1 is 1.06 bits per heavy atom. The molecule has 1 aromatic heterocycles. The van der Waals surface area contributed by atoms with E-state index in [4.69, 9.17) is 0 Å². The molecule has 1 unspecified atom stereocenters. The SMILES string of the molecule is Cc1ccc(C(NC(=O)CN2CCN(c3ccccc3[N+](=O)[O-])CC2)c2cccs2)cc1. The largest absolute Gasteiger partial charge is 0.363 e. The second kappa shape index (κ2) is 9.93. The van der Waals surface area contributed by atoms with Gasteiger partial charge < -0.3 is 10.2 Å². The first-order valence-electron chi connectivity index (χ1n) is 10.6. The van der Waals surface area contributed by atoms with Crippen molar-refractivity contribution in [2.24, 2.45) is 0 Å². The first-order valence-corrected chi connectivity index (χ1v) is 11.5. The van der Waals surface area contributed by atoms with Crippen molar-refractivity contribution in [1.82, 2.24) is 10.2 Å². The highest BCUT2D eigenvalue weighted by molar-refractivity contribution is 7.10. The predicted octanol–water partition coefficient (Wildman–Crippen LogP) is 3.99. The van der Waals surface area contributed by atoms with Crippen molar-refractivity contribution in [2.75, 3.05) is 37.6 Å². The first-order chi connectivity index (χ1) is 15.5. The monoisotopic (exact) mass is 450 g/mol. The molecule has 0 radical (unpaired) electrons. The van der Waals surface area contributed by atoms with Crippen LogP contribution in [0, 0.1) is 17.0 Å². The van der Waals surface area contributed by atoms with E-state index in [0.29, 0.717) is 38.4 Å². The minimum Gasteiger partial charge on any atom is -0.363 e. The molecular formula is C24H26N4O3S. The average molecular weight is 451 g/mol. The third-order valence-electron chi connectivity index (χ3n) is 5.70. The van der Waals surface area contributed by atoms with Gasteiger partial charge in [-0.2, -0.15) is 0 Å². The summed E-state index contributed by atoms with van der Waals surface area (Å²) in [5.41, 5.74) is 3.00. The van der Waals surface area contributed by atoms with Crippen molar-refractivity contribution in [3.05, 3.63) is 92.2 Å². The smallest absolute Gasteiger partial charge is 0.292 e. The third kappa shape index (κ3) is 5.15. The molecule has 32 heavy (non-hydrogen) atoms. The lowest BCUT2D eigenvalue weighted by atomic mass is 10.0. The Hall–Kier alpha value is -3.23. The molecule has 8 heteroatoms. The molecule has 4 rings (SSSR count). The quantitative estimate of drug-likeness (QED) is 0.435. The number of carbonyl (C=O) groups is 1. The van der Waals surface area contributed by atoms with E-state index in [9.17, 15) is 14.9 Å². The van der Waals surface area contributed by atoms with Crippen LogP contribution in [0.25, 0.3) is 0 Å². The van der Waals surface area contributed by atoms with Crippen molar-refractivity contribution in [3.63, 3.8) is 0 Å². The Bertz CT molecular complexity index is 1060. The minimum absolute atomic E-state index is 0.0249. The fraction of sp³-hybridized carbons (Fsp3) is 0.292. The molecule has 3 aromatic rings. The highest BCUT2D eigenvalue weighted by Gasteiger charge is 2.25. The number of para-hydroxylation sites is 2. The van der Waals surface area contributed by atoms with E-state index in [1.165, 1.54) is 11.6 Å². The molecule has 0 spiro atoms. The molecule has 0 aliphatic carbocycles. The maximum absolute atomic E-state index is 12.9. The van der Waals surface area contributed by atoms with Crippen molar-refractivity contribution < 1.29 is 9.72 Å². The molecule has 1 atom stereocenters. The lowest BCUT2D eigenvalue weighted by Gasteiger charge is -2.35. The summed E-state index contributed by atoms with van der Waals surface area (Å²) in [4.78, 5) is 29.1. The summed E-state index contributed by atoms with van der Waals surface area (Å²) in [6.07, 6.45) is 0. The lowest BCUT2D eigenvalue weighted by Crippen LogP contribution is -2.50. The van der Waals surface area contributed by atoms with Crippen molar-refractivity contribution >= 4 is 28.6 Å². The van der Waals surface area contributed by atoms with Crippen LogP contribution in [0.2, 0.25) is 0 Å².